The Labute approximate surface area is 117 Å². The van der Waals surface area contributed by atoms with Crippen LogP contribution in [0.4, 0.5) is 5.69 Å². The van der Waals surface area contributed by atoms with E-state index in [4.69, 9.17) is 4.74 Å². The SMILES string of the molecule is COCCN(c1ccnc(CNC(C)C)c1)C(C)C. The Morgan fingerprint density at radius 3 is 2.63 bits per heavy atom. The molecule has 1 rings (SSSR count). The fourth-order valence-corrected chi connectivity index (χ4v) is 1.92. The molecule has 1 aromatic rings. The molecule has 0 unspecified atom stereocenters. The first-order chi connectivity index (χ1) is 9.04. The van der Waals surface area contributed by atoms with E-state index >= 15 is 0 Å². The van der Waals surface area contributed by atoms with Crippen LogP contribution in [0.25, 0.3) is 0 Å². The summed E-state index contributed by atoms with van der Waals surface area (Å²) in [6, 6.07) is 5.14. The molecule has 0 fully saturated rings. The van der Waals surface area contributed by atoms with Crippen LogP contribution in [0.3, 0.4) is 0 Å². The number of nitrogens with one attached hydrogen (secondary N) is 1. The van der Waals surface area contributed by atoms with Gasteiger partial charge in [0, 0.05) is 44.2 Å². The molecule has 1 N–H and O–H groups in total. The van der Waals surface area contributed by atoms with Gasteiger partial charge in [-0.2, -0.15) is 0 Å². The Hall–Kier alpha value is -1.13. The third-order valence-corrected chi connectivity index (χ3v) is 2.98. The Bertz CT molecular complexity index is 366. The molecule has 0 saturated heterocycles. The number of hydrogen-bond donors (Lipinski definition) is 1. The minimum atomic E-state index is 0.448. The predicted molar refractivity (Wildman–Crippen MR) is 80.6 cm³/mol. The fourth-order valence-electron chi connectivity index (χ4n) is 1.92. The van der Waals surface area contributed by atoms with Crippen molar-refractivity contribution in [2.24, 2.45) is 0 Å². The highest BCUT2D eigenvalue weighted by molar-refractivity contribution is 5.47. The monoisotopic (exact) mass is 265 g/mol. The highest BCUT2D eigenvalue weighted by Gasteiger charge is 2.11. The van der Waals surface area contributed by atoms with Crippen molar-refractivity contribution in [3.63, 3.8) is 0 Å². The van der Waals surface area contributed by atoms with E-state index in [1.54, 1.807) is 7.11 Å². The van der Waals surface area contributed by atoms with Crippen LogP contribution in [0.15, 0.2) is 18.3 Å². The second-order valence-electron chi connectivity index (χ2n) is 5.32. The Morgan fingerprint density at radius 1 is 1.32 bits per heavy atom. The highest BCUT2D eigenvalue weighted by Crippen LogP contribution is 2.17. The van der Waals surface area contributed by atoms with Gasteiger partial charge in [-0.3, -0.25) is 4.98 Å². The Balaban J connectivity index is 2.76. The molecular formula is C15H27N3O. The normalized spacial score (nSPS) is 11.3. The maximum absolute atomic E-state index is 5.18. The summed E-state index contributed by atoms with van der Waals surface area (Å²) in [5.41, 5.74) is 2.29. The summed E-state index contributed by atoms with van der Waals surface area (Å²) >= 11 is 0. The molecular weight excluding hydrogens is 238 g/mol. The van der Waals surface area contributed by atoms with Crippen LogP contribution >= 0.6 is 0 Å². The molecule has 0 spiro atoms. The fraction of sp³-hybridized carbons (Fsp3) is 0.667. The molecule has 0 amide bonds. The number of anilines is 1. The van der Waals surface area contributed by atoms with Gasteiger partial charge in [-0.25, -0.2) is 0 Å². The summed E-state index contributed by atoms with van der Waals surface area (Å²) in [5.74, 6) is 0. The quantitative estimate of drug-likeness (QED) is 0.783. The maximum Gasteiger partial charge on any atom is 0.0637 e. The zero-order chi connectivity index (χ0) is 14.3. The van der Waals surface area contributed by atoms with Gasteiger partial charge in [-0.05, 0) is 26.0 Å². The minimum Gasteiger partial charge on any atom is -0.383 e. The number of rotatable bonds is 8. The lowest BCUT2D eigenvalue weighted by Gasteiger charge is -2.29. The number of aromatic nitrogens is 1. The van der Waals surface area contributed by atoms with E-state index in [0.29, 0.717) is 12.1 Å². The van der Waals surface area contributed by atoms with Crippen LogP contribution < -0.4 is 10.2 Å². The van der Waals surface area contributed by atoms with Crippen LogP contribution in [0.1, 0.15) is 33.4 Å². The molecule has 0 aliphatic rings. The van der Waals surface area contributed by atoms with Crippen molar-refractivity contribution in [2.45, 2.75) is 46.3 Å². The number of hydrogen-bond acceptors (Lipinski definition) is 4. The lowest BCUT2D eigenvalue weighted by molar-refractivity contribution is 0.204. The van der Waals surface area contributed by atoms with Crippen molar-refractivity contribution in [2.75, 3.05) is 25.2 Å². The zero-order valence-corrected chi connectivity index (χ0v) is 12.8. The summed E-state index contributed by atoms with van der Waals surface area (Å²) in [6.45, 7) is 11.1. The Morgan fingerprint density at radius 2 is 2.05 bits per heavy atom. The number of pyridine rings is 1. The first kappa shape index (κ1) is 15.9. The van der Waals surface area contributed by atoms with Crippen LogP contribution in [0.5, 0.6) is 0 Å². The summed E-state index contributed by atoms with van der Waals surface area (Å²) < 4.78 is 5.18. The third kappa shape index (κ3) is 5.57. The van der Waals surface area contributed by atoms with Crippen molar-refractivity contribution in [1.29, 1.82) is 0 Å². The minimum absolute atomic E-state index is 0.448. The first-order valence-corrected chi connectivity index (χ1v) is 6.98. The smallest absolute Gasteiger partial charge is 0.0637 e. The molecule has 19 heavy (non-hydrogen) atoms. The van der Waals surface area contributed by atoms with E-state index in [-0.39, 0.29) is 0 Å². The van der Waals surface area contributed by atoms with E-state index in [0.717, 1.165) is 25.4 Å². The van der Waals surface area contributed by atoms with Crippen LogP contribution in [0, 0.1) is 0 Å². The first-order valence-electron chi connectivity index (χ1n) is 6.98. The van der Waals surface area contributed by atoms with E-state index in [2.05, 4.69) is 55.0 Å². The van der Waals surface area contributed by atoms with E-state index < -0.39 is 0 Å². The van der Waals surface area contributed by atoms with Gasteiger partial charge in [0.2, 0.25) is 0 Å². The average molecular weight is 265 g/mol. The van der Waals surface area contributed by atoms with Crippen molar-refractivity contribution in [3.8, 4) is 0 Å². The summed E-state index contributed by atoms with van der Waals surface area (Å²) in [6.07, 6.45) is 1.88. The number of nitrogens with zero attached hydrogens (tertiary/aromatic N) is 2. The molecule has 0 aromatic carbocycles. The molecule has 0 atom stereocenters. The van der Waals surface area contributed by atoms with E-state index in [1.165, 1.54) is 5.69 Å². The second kappa shape index (κ2) is 8.12. The van der Waals surface area contributed by atoms with Crippen molar-refractivity contribution >= 4 is 5.69 Å². The molecule has 0 saturated carbocycles. The molecule has 0 aliphatic carbocycles. The van der Waals surface area contributed by atoms with E-state index in [9.17, 15) is 0 Å². The molecule has 108 valence electrons. The van der Waals surface area contributed by atoms with Gasteiger partial charge in [0.15, 0.2) is 0 Å². The summed E-state index contributed by atoms with van der Waals surface area (Å²) in [4.78, 5) is 6.75. The molecule has 1 heterocycles. The largest absolute Gasteiger partial charge is 0.383 e. The lowest BCUT2D eigenvalue weighted by Crippen LogP contribution is -2.34. The van der Waals surface area contributed by atoms with Crippen LogP contribution in [0.2, 0.25) is 0 Å². The average Bonchev–Trinajstić information content (AvgIpc) is 2.37. The van der Waals surface area contributed by atoms with Gasteiger partial charge in [0.1, 0.15) is 0 Å². The maximum atomic E-state index is 5.18. The standard InChI is InChI=1S/C15H27N3O/c1-12(2)17-11-14-10-15(6-7-16-14)18(13(3)4)8-9-19-5/h6-7,10,12-13,17H,8-9,11H2,1-5H3. The van der Waals surface area contributed by atoms with E-state index in [1.807, 2.05) is 6.20 Å². The third-order valence-electron chi connectivity index (χ3n) is 2.98. The highest BCUT2D eigenvalue weighted by atomic mass is 16.5. The molecule has 0 aliphatic heterocycles. The van der Waals surface area contributed by atoms with Gasteiger partial charge in [-0.15, -0.1) is 0 Å². The van der Waals surface area contributed by atoms with Gasteiger partial charge >= 0.3 is 0 Å². The molecule has 4 nitrogen and oxygen atoms in total. The molecule has 1 aromatic heterocycles. The van der Waals surface area contributed by atoms with Crippen molar-refractivity contribution < 1.29 is 4.74 Å². The van der Waals surface area contributed by atoms with Gasteiger partial charge in [0.05, 0.1) is 12.3 Å². The lowest BCUT2D eigenvalue weighted by atomic mass is 10.2. The Kier molecular flexibility index (Phi) is 6.81. The van der Waals surface area contributed by atoms with Gasteiger partial charge < -0.3 is 15.0 Å². The van der Waals surface area contributed by atoms with Crippen LogP contribution in [-0.4, -0.2) is 37.3 Å². The molecule has 0 radical (unpaired) electrons. The zero-order valence-electron chi connectivity index (χ0n) is 12.8. The summed E-state index contributed by atoms with van der Waals surface area (Å²) in [7, 11) is 1.74. The van der Waals surface area contributed by atoms with Gasteiger partial charge in [-0.1, -0.05) is 13.8 Å². The van der Waals surface area contributed by atoms with Crippen LogP contribution in [-0.2, 0) is 11.3 Å². The predicted octanol–water partition coefficient (Wildman–Crippen LogP) is 2.44. The topological polar surface area (TPSA) is 37.4 Å². The number of ether oxygens (including phenoxy) is 1. The summed E-state index contributed by atoms with van der Waals surface area (Å²) in [5, 5.41) is 3.39. The molecule has 4 heteroatoms. The van der Waals surface area contributed by atoms with Crippen molar-refractivity contribution in [3.05, 3.63) is 24.0 Å². The second-order valence-corrected chi connectivity index (χ2v) is 5.32. The van der Waals surface area contributed by atoms with Crippen molar-refractivity contribution in [1.82, 2.24) is 10.3 Å². The number of methoxy groups -OCH3 is 1. The van der Waals surface area contributed by atoms with Gasteiger partial charge in [0.25, 0.3) is 0 Å². The molecule has 0 bridgehead atoms.